The number of urea groups is 1. The molecule has 2 fully saturated rings. The van der Waals surface area contributed by atoms with Crippen LogP contribution in [0.25, 0.3) is 22.2 Å². The van der Waals surface area contributed by atoms with E-state index < -0.39 is 18.0 Å². The van der Waals surface area contributed by atoms with Crippen molar-refractivity contribution in [2.75, 3.05) is 18.5 Å². The van der Waals surface area contributed by atoms with Crippen molar-refractivity contribution in [2.24, 2.45) is 0 Å². The number of benzene rings is 1. The predicted octanol–water partition coefficient (Wildman–Crippen LogP) is 4.38. The number of fused-ring (bicyclic) bond motifs is 1. The van der Waals surface area contributed by atoms with Gasteiger partial charge in [0, 0.05) is 61.0 Å². The Hall–Kier alpha value is -3.40. The minimum Gasteiger partial charge on any atom is -0.373 e. The summed E-state index contributed by atoms with van der Waals surface area (Å²) in [6.07, 6.45) is 6.98. The van der Waals surface area contributed by atoms with Gasteiger partial charge in [-0.05, 0) is 38.7 Å². The number of nitrogens with zero attached hydrogens (tertiary/aromatic N) is 3. The number of rotatable bonds is 5. The number of hydrogen-bond donors (Lipinski definition) is 3. The Balaban J connectivity index is 1.52. The Labute approximate surface area is 195 Å². The maximum absolute atomic E-state index is 15.9. The molecule has 0 bridgehead atoms. The summed E-state index contributed by atoms with van der Waals surface area (Å²) < 4.78 is 21.7. The molecule has 3 N–H and O–H groups in total. The number of ether oxygens (including phenoxy) is 1. The number of ketones is 1. The highest BCUT2D eigenvalue weighted by Gasteiger charge is 2.29. The third-order valence-electron chi connectivity index (χ3n) is 6.46. The second kappa shape index (κ2) is 9.46. The van der Waals surface area contributed by atoms with Crippen LogP contribution in [0.5, 0.6) is 0 Å². The maximum Gasteiger partial charge on any atom is 0.321 e. The molecule has 1 atom stereocenters. The molecule has 2 aromatic heterocycles. The van der Waals surface area contributed by atoms with Crippen LogP contribution in [0.15, 0.2) is 18.5 Å². The molecule has 10 heteroatoms. The topological polar surface area (TPSA) is 122 Å². The Kier molecular flexibility index (Phi) is 6.23. The molecule has 3 aromatic rings. The second-order valence-electron chi connectivity index (χ2n) is 8.76. The number of Topliss-reactive ketones (excluding diaryl/α,β-unsaturated/α-hetero) is 1. The Bertz CT molecular complexity index is 1210. The molecule has 9 nitrogen and oxygen atoms in total. The van der Waals surface area contributed by atoms with E-state index in [2.05, 4.69) is 30.6 Å². The molecule has 2 amide bonds. The van der Waals surface area contributed by atoms with Crippen LogP contribution in [0.4, 0.5) is 15.1 Å². The van der Waals surface area contributed by atoms with E-state index in [0.29, 0.717) is 66.0 Å². The summed E-state index contributed by atoms with van der Waals surface area (Å²) >= 11 is 0. The average molecular weight is 467 g/mol. The molecule has 1 saturated carbocycles. The highest BCUT2D eigenvalue weighted by molar-refractivity contribution is 5.92. The zero-order valence-electron chi connectivity index (χ0n) is 19.0. The first-order chi connectivity index (χ1) is 16.5. The molecule has 178 valence electrons. The number of carbonyl (C=O) groups excluding carboxylic acids is 2. The van der Waals surface area contributed by atoms with Gasteiger partial charge in [0.1, 0.15) is 17.4 Å². The summed E-state index contributed by atoms with van der Waals surface area (Å²) in [5, 5.41) is 5.29. The average Bonchev–Trinajstić information content (AvgIpc) is 3.49. The molecule has 0 radical (unpaired) electrons. The summed E-state index contributed by atoms with van der Waals surface area (Å²) in [5.74, 6) is 0.930. The zero-order chi connectivity index (χ0) is 23.7. The molecule has 1 aliphatic carbocycles. The van der Waals surface area contributed by atoms with Crippen LogP contribution in [-0.4, -0.2) is 44.9 Å². The lowest BCUT2D eigenvalue weighted by molar-refractivity contribution is -0.120. The third-order valence-corrected chi connectivity index (χ3v) is 6.46. The van der Waals surface area contributed by atoms with Crippen LogP contribution >= 0.6 is 0 Å². The lowest BCUT2D eigenvalue weighted by atomic mass is 9.88. The molecule has 5 rings (SSSR count). The van der Waals surface area contributed by atoms with Gasteiger partial charge in [-0.1, -0.05) is 0 Å². The van der Waals surface area contributed by atoms with E-state index in [1.54, 1.807) is 18.5 Å². The van der Waals surface area contributed by atoms with E-state index in [4.69, 9.17) is 4.74 Å². The first-order valence-corrected chi connectivity index (χ1v) is 11.8. The number of carbonyl (C=O) groups is 2. The summed E-state index contributed by atoms with van der Waals surface area (Å²) in [6, 6.07) is 1.27. The van der Waals surface area contributed by atoms with Gasteiger partial charge in [-0.2, -0.15) is 0 Å². The van der Waals surface area contributed by atoms with E-state index >= 15 is 4.39 Å². The summed E-state index contributed by atoms with van der Waals surface area (Å²) in [7, 11) is 0. The van der Waals surface area contributed by atoms with Crippen LogP contribution in [-0.2, 0) is 9.53 Å². The fourth-order valence-electron chi connectivity index (χ4n) is 4.72. The predicted molar refractivity (Wildman–Crippen MR) is 124 cm³/mol. The summed E-state index contributed by atoms with van der Waals surface area (Å²) in [6.45, 7) is 2.85. The van der Waals surface area contributed by atoms with Crippen LogP contribution in [0.3, 0.4) is 0 Å². The van der Waals surface area contributed by atoms with Gasteiger partial charge in [0.25, 0.3) is 0 Å². The van der Waals surface area contributed by atoms with Crippen LogP contribution in [0, 0.1) is 5.82 Å². The molecule has 1 aromatic carbocycles. The Morgan fingerprint density at radius 1 is 1.24 bits per heavy atom. The van der Waals surface area contributed by atoms with Crippen molar-refractivity contribution < 1.29 is 18.7 Å². The van der Waals surface area contributed by atoms with Crippen molar-refractivity contribution in [3.8, 4) is 11.1 Å². The molecular formula is C24H27FN6O3. The number of hydrogen-bond acceptors (Lipinski definition) is 6. The first-order valence-electron chi connectivity index (χ1n) is 11.8. The minimum atomic E-state index is -0.421. The van der Waals surface area contributed by atoms with Gasteiger partial charge in [-0.25, -0.2) is 24.1 Å². The molecule has 0 unspecified atom stereocenters. The van der Waals surface area contributed by atoms with E-state index in [1.165, 1.54) is 0 Å². The van der Waals surface area contributed by atoms with Crippen molar-refractivity contribution in [1.82, 2.24) is 25.3 Å². The van der Waals surface area contributed by atoms with Crippen LogP contribution in [0.2, 0.25) is 0 Å². The monoisotopic (exact) mass is 466 g/mol. The van der Waals surface area contributed by atoms with Crippen molar-refractivity contribution in [3.05, 3.63) is 35.7 Å². The third kappa shape index (κ3) is 4.37. The lowest BCUT2D eigenvalue weighted by Gasteiger charge is -2.19. The van der Waals surface area contributed by atoms with E-state index in [-0.39, 0.29) is 17.6 Å². The fourth-order valence-corrected chi connectivity index (χ4v) is 4.72. The van der Waals surface area contributed by atoms with Gasteiger partial charge in [0.05, 0.1) is 17.1 Å². The van der Waals surface area contributed by atoms with Crippen molar-refractivity contribution in [1.29, 1.82) is 0 Å². The van der Waals surface area contributed by atoms with E-state index in [0.717, 1.165) is 19.3 Å². The Morgan fingerprint density at radius 2 is 2.00 bits per heavy atom. The van der Waals surface area contributed by atoms with Gasteiger partial charge in [-0.15, -0.1) is 0 Å². The largest absolute Gasteiger partial charge is 0.373 e. The van der Waals surface area contributed by atoms with Crippen LogP contribution in [0.1, 0.15) is 68.9 Å². The highest BCUT2D eigenvalue weighted by Crippen LogP contribution is 2.39. The number of halogens is 1. The van der Waals surface area contributed by atoms with Crippen molar-refractivity contribution in [3.63, 3.8) is 0 Å². The molecular weight excluding hydrogens is 439 g/mol. The van der Waals surface area contributed by atoms with Gasteiger partial charge in [-0.3, -0.25) is 10.1 Å². The zero-order valence-corrected chi connectivity index (χ0v) is 19.0. The lowest BCUT2D eigenvalue weighted by Crippen LogP contribution is -2.28. The van der Waals surface area contributed by atoms with E-state index in [1.807, 2.05) is 6.92 Å². The number of anilines is 1. The number of amides is 2. The fraction of sp³-hybridized carbons (Fsp3) is 0.458. The van der Waals surface area contributed by atoms with Crippen LogP contribution < -0.4 is 10.6 Å². The van der Waals surface area contributed by atoms with Crippen molar-refractivity contribution in [2.45, 2.75) is 57.5 Å². The summed E-state index contributed by atoms with van der Waals surface area (Å²) in [5.41, 5.74) is 2.28. The number of aromatic amines is 1. The standard InChI is InChI=1S/C24H27FN6O3/c1-2-26-24(33)31-23-29-17-10-16(20(25)19(21(17)30-23)18-4-3-9-34-18)14-11-27-22(28-12-14)13-5-7-15(32)8-6-13/h10-13,18H,2-9H2,1H3,(H3,26,29,30,31,33)/t18-/m1/s1. The molecule has 2 aliphatic rings. The molecule has 1 saturated heterocycles. The molecule has 3 heterocycles. The number of nitrogens with one attached hydrogen (secondary N) is 3. The molecule has 34 heavy (non-hydrogen) atoms. The Morgan fingerprint density at radius 3 is 2.68 bits per heavy atom. The van der Waals surface area contributed by atoms with Gasteiger partial charge in [0.15, 0.2) is 0 Å². The highest BCUT2D eigenvalue weighted by atomic mass is 19.1. The van der Waals surface area contributed by atoms with E-state index in [9.17, 15) is 9.59 Å². The molecule has 1 aliphatic heterocycles. The smallest absolute Gasteiger partial charge is 0.321 e. The SMILES string of the molecule is CCNC(=O)Nc1nc2c([C@H]3CCCO3)c(F)c(-c3cnc(C4CCC(=O)CC4)nc3)cc2[nH]1. The van der Waals surface area contributed by atoms with Gasteiger partial charge < -0.3 is 15.0 Å². The summed E-state index contributed by atoms with van der Waals surface area (Å²) in [4.78, 5) is 40.0. The van der Waals surface area contributed by atoms with Gasteiger partial charge >= 0.3 is 6.03 Å². The quantitative estimate of drug-likeness (QED) is 0.513. The minimum absolute atomic E-state index is 0.150. The number of H-pyrrole nitrogens is 1. The molecule has 0 spiro atoms. The van der Waals surface area contributed by atoms with Gasteiger partial charge in [0.2, 0.25) is 5.95 Å². The first kappa shape index (κ1) is 22.4. The van der Waals surface area contributed by atoms with Crippen molar-refractivity contribution >= 4 is 28.8 Å². The normalized spacial score (nSPS) is 19.0. The second-order valence-corrected chi connectivity index (χ2v) is 8.76. The maximum atomic E-state index is 15.9. The number of aromatic nitrogens is 4. The number of imidazole rings is 1.